The van der Waals surface area contributed by atoms with E-state index in [1.165, 1.54) is 12.8 Å². The van der Waals surface area contributed by atoms with Crippen LogP contribution in [0, 0.1) is 5.92 Å². The van der Waals surface area contributed by atoms with Crippen LogP contribution in [-0.4, -0.2) is 45.4 Å². The normalized spacial score (nSPS) is 15.6. The molecule has 0 bridgehead atoms. The molecule has 0 aliphatic heterocycles. The van der Waals surface area contributed by atoms with Gasteiger partial charge in [-0.1, -0.05) is 18.2 Å². The van der Waals surface area contributed by atoms with Crippen LogP contribution in [0.25, 0.3) is 5.69 Å². The number of likely N-dealkylation sites (N-methyl/N-ethyl adjacent to an activating group) is 1. The second-order valence-electron chi connectivity index (χ2n) is 6.23. The van der Waals surface area contributed by atoms with Crippen LogP contribution in [-0.2, 0) is 11.3 Å². The summed E-state index contributed by atoms with van der Waals surface area (Å²) < 4.78 is 0. The van der Waals surface area contributed by atoms with Crippen molar-refractivity contribution in [1.82, 2.24) is 25.2 Å². The highest BCUT2D eigenvalue weighted by Gasteiger charge is 2.30. The molecule has 0 saturated heterocycles. The number of para-hydroxylation sites is 1. The lowest BCUT2D eigenvalue weighted by molar-refractivity contribution is -0.122. The maximum atomic E-state index is 12.0. The monoisotopic (exact) mass is 313 g/mol. The summed E-state index contributed by atoms with van der Waals surface area (Å²) in [6.45, 7) is 3.01. The average Bonchev–Trinajstić information content (AvgIpc) is 3.31. The van der Waals surface area contributed by atoms with Gasteiger partial charge in [0.1, 0.15) is 5.69 Å². The van der Waals surface area contributed by atoms with Crippen molar-refractivity contribution in [2.45, 2.75) is 32.4 Å². The molecule has 1 fully saturated rings. The van der Waals surface area contributed by atoms with Gasteiger partial charge in [0.2, 0.25) is 5.91 Å². The van der Waals surface area contributed by atoms with Crippen molar-refractivity contribution in [1.29, 1.82) is 0 Å². The second kappa shape index (κ2) is 6.91. The Balaban J connectivity index is 1.48. The Morgan fingerprint density at radius 1 is 1.39 bits per heavy atom. The van der Waals surface area contributed by atoms with Gasteiger partial charge < -0.3 is 5.32 Å². The first-order chi connectivity index (χ1) is 11.1. The summed E-state index contributed by atoms with van der Waals surface area (Å²) in [5.74, 6) is 0.785. The van der Waals surface area contributed by atoms with Crippen LogP contribution in [0.15, 0.2) is 36.5 Å². The largest absolute Gasteiger partial charge is 0.349 e. The van der Waals surface area contributed by atoms with Gasteiger partial charge in [-0.15, -0.1) is 0 Å². The van der Waals surface area contributed by atoms with E-state index in [1.54, 1.807) is 11.0 Å². The molecule has 122 valence electrons. The third-order valence-electron chi connectivity index (χ3n) is 4.39. The number of nitrogens with zero attached hydrogens (tertiary/aromatic N) is 4. The number of carbonyl (C=O) groups excluding carboxylic acids is 1. The maximum Gasteiger partial charge on any atom is 0.234 e. The lowest BCUT2D eigenvalue weighted by Crippen LogP contribution is -2.40. The SMILES string of the molecule is C[C@H](C1CC1)N(C)CC(=O)NCc1cnn(-c2ccccc2)n1. The first-order valence-corrected chi connectivity index (χ1v) is 8.07. The zero-order chi connectivity index (χ0) is 16.2. The summed E-state index contributed by atoms with van der Waals surface area (Å²) >= 11 is 0. The number of rotatable bonds is 7. The van der Waals surface area contributed by atoms with Crippen LogP contribution >= 0.6 is 0 Å². The summed E-state index contributed by atoms with van der Waals surface area (Å²) in [5.41, 5.74) is 1.66. The quantitative estimate of drug-likeness (QED) is 0.843. The molecular weight excluding hydrogens is 290 g/mol. The summed E-state index contributed by atoms with van der Waals surface area (Å²) in [7, 11) is 2.01. The zero-order valence-corrected chi connectivity index (χ0v) is 13.6. The van der Waals surface area contributed by atoms with Crippen LogP contribution in [0.3, 0.4) is 0 Å². The molecule has 6 nitrogen and oxygen atoms in total. The first-order valence-electron chi connectivity index (χ1n) is 8.07. The predicted molar refractivity (Wildman–Crippen MR) is 88.0 cm³/mol. The van der Waals surface area contributed by atoms with Gasteiger partial charge in [-0.05, 0) is 44.9 Å². The Morgan fingerprint density at radius 2 is 2.13 bits per heavy atom. The van der Waals surface area contributed by atoms with E-state index in [0.29, 0.717) is 19.1 Å². The maximum absolute atomic E-state index is 12.0. The number of nitrogens with one attached hydrogen (secondary N) is 1. The summed E-state index contributed by atoms with van der Waals surface area (Å²) in [4.78, 5) is 15.7. The highest BCUT2D eigenvalue weighted by Crippen LogP contribution is 2.34. The lowest BCUT2D eigenvalue weighted by Gasteiger charge is -2.23. The van der Waals surface area contributed by atoms with Crippen LogP contribution in [0.1, 0.15) is 25.5 Å². The molecule has 0 unspecified atom stereocenters. The van der Waals surface area contributed by atoms with Gasteiger partial charge in [0.25, 0.3) is 0 Å². The van der Waals surface area contributed by atoms with E-state index in [9.17, 15) is 4.79 Å². The predicted octanol–water partition coefficient (Wildman–Crippen LogP) is 1.61. The van der Waals surface area contributed by atoms with E-state index in [2.05, 4.69) is 27.3 Å². The Labute approximate surface area is 136 Å². The van der Waals surface area contributed by atoms with Crippen molar-refractivity contribution in [3.05, 3.63) is 42.2 Å². The highest BCUT2D eigenvalue weighted by molar-refractivity contribution is 5.77. The molecule has 0 spiro atoms. The molecule has 3 rings (SSSR count). The zero-order valence-electron chi connectivity index (χ0n) is 13.6. The number of hydrogen-bond donors (Lipinski definition) is 1. The molecule has 1 aliphatic rings. The summed E-state index contributed by atoms with van der Waals surface area (Å²) in [6, 6.07) is 10.2. The molecule has 23 heavy (non-hydrogen) atoms. The molecule has 1 saturated carbocycles. The topological polar surface area (TPSA) is 63.1 Å². The minimum atomic E-state index is 0.0225. The van der Waals surface area contributed by atoms with Crippen molar-refractivity contribution in [3.8, 4) is 5.69 Å². The molecule has 1 heterocycles. The molecule has 6 heteroatoms. The van der Waals surface area contributed by atoms with Gasteiger partial charge in [-0.2, -0.15) is 15.0 Å². The molecule has 1 atom stereocenters. The minimum Gasteiger partial charge on any atom is -0.349 e. The molecule has 1 aromatic heterocycles. The van der Waals surface area contributed by atoms with Crippen molar-refractivity contribution in [3.63, 3.8) is 0 Å². The Kier molecular flexibility index (Phi) is 4.71. The smallest absolute Gasteiger partial charge is 0.234 e. The van der Waals surface area contributed by atoms with E-state index in [0.717, 1.165) is 17.3 Å². The third kappa shape index (κ3) is 4.16. The minimum absolute atomic E-state index is 0.0225. The Morgan fingerprint density at radius 3 is 2.83 bits per heavy atom. The number of carbonyl (C=O) groups is 1. The van der Waals surface area contributed by atoms with Gasteiger partial charge in [0.15, 0.2) is 0 Å². The molecular formula is C17H23N5O. The van der Waals surface area contributed by atoms with Gasteiger partial charge in [-0.25, -0.2) is 0 Å². The van der Waals surface area contributed by atoms with Gasteiger partial charge in [-0.3, -0.25) is 9.69 Å². The lowest BCUT2D eigenvalue weighted by atomic mass is 10.2. The van der Waals surface area contributed by atoms with Crippen molar-refractivity contribution in [2.24, 2.45) is 5.92 Å². The number of amides is 1. The molecule has 1 aromatic carbocycles. The van der Waals surface area contributed by atoms with Crippen LogP contribution in [0.5, 0.6) is 0 Å². The average molecular weight is 313 g/mol. The van der Waals surface area contributed by atoms with Gasteiger partial charge >= 0.3 is 0 Å². The molecule has 1 N–H and O–H groups in total. The van der Waals surface area contributed by atoms with Crippen LogP contribution < -0.4 is 5.32 Å². The standard InChI is InChI=1S/C17H23N5O/c1-13(14-8-9-14)21(2)12-17(23)18-10-15-11-19-22(20-15)16-6-4-3-5-7-16/h3-7,11,13-14H,8-10,12H2,1-2H3,(H,18,23)/t13-/m1/s1. The van der Waals surface area contributed by atoms with Gasteiger partial charge in [0.05, 0.1) is 25.0 Å². The van der Waals surface area contributed by atoms with Crippen molar-refractivity contribution in [2.75, 3.05) is 13.6 Å². The van der Waals surface area contributed by atoms with Crippen LogP contribution in [0.2, 0.25) is 0 Å². The Hall–Kier alpha value is -2.21. The fourth-order valence-electron chi connectivity index (χ4n) is 2.62. The van der Waals surface area contributed by atoms with Crippen molar-refractivity contribution < 1.29 is 4.79 Å². The highest BCUT2D eigenvalue weighted by atomic mass is 16.2. The molecule has 2 aromatic rings. The van der Waals surface area contributed by atoms with E-state index < -0.39 is 0 Å². The molecule has 0 radical (unpaired) electrons. The summed E-state index contributed by atoms with van der Waals surface area (Å²) in [5, 5.41) is 11.5. The van der Waals surface area contributed by atoms with Crippen molar-refractivity contribution >= 4 is 5.91 Å². The van der Waals surface area contributed by atoms with E-state index in [4.69, 9.17) is 0 Å². The Bertz CT molecular complexity index is 650. The number of aromatic nitrogens is 3. The van der Waals surface area contributed by atoms with E-state index >= 15 is 0 Å². The van der Waals surface area contributed by atoms with Crippen LogP contribution in [0.4, 0.5) is 0 Å². The molecule has 1 amide bonds. The van der Waals surface area contributed by atoms with E-state index in [-0.39, 0.29) is 5.91 Å². The van der Waals surface area contributed by atoms with Gasteiger partial charge in [0, 0.05) is 6.04 Å². The first kappa shape index (κ1) is 15.7. The fourth-order valence-corrected chi connectivity index (χ4v) is 2.62. The second-order valence-corrected chi connectivity index (χ2v) is 6.23. The third-order valence-corrected chi connectivity index (χ3v) is 4.39. The molecule has 1 aliphatic carbocycles. The number of benzene rings is 1. The summed E-state index contributed by atoms with van der Waals surface area (Å²) in [6.07, 6.45) is 4.26. The fraction of sp³-hybridized carbons (Fsp3) is 0.471. The van der Waals surface area contributed by atoms with E-state index in [1.807, 2.05) is 37.4 Å². The number of hydrogen-bond acceptors (Lipinski definition) is 4.